The van der Waals surface area contributed by atoms with Crippen LogP contribution in [0.4, 0.5) is 0 Å². The molecule has 0 spiro atoms. The Morgan fingerprint density at radius 3 is 2.46 bits per heavy atom. The minimum absolute atomic E-state index is 0.365. The van der Waals surface area contributed by atoms with Gasteiger partial charge in [-0.25, -0.2) is 0 Å². The van der Waals surface area contributed by atoms with Gasteiger partial charge in [0.2, 0.25) is 0 Å². The Labute approximate surface area is 168 Å². The molecule has 2 heterocycles. The first-order valence-corrected chi connectivity index (χ1v) is 17.4. The molecule has 0 amide bonds. The zero-order chi connectivity index (χ0) is 19.6. The summed E-state index contributed by atoms with van der Waals surface area (Å²) in [6.07, 6.45) is 1.97. The van der Waals surface area contributed by atoms with Crippen LogP contribution in [0.2, 0.25) is 17.3 Å². The van der Waals surface area contributed by atoms with Crippen molar-refractivity contribution < 1.29 is 4.74 Å². The first-order chi connectivity index (χ1) is 13.4. The molecule has 1 aliphatic rings. The van der Waals surface area contributed by atoms with E-state index < -0.39 is 13.3 Å². The second-order valence-electron chi connectivity index (χ2n) is 9.09. The van der Waals surface area contributed by atoms with Gasteiger partial charge in [-0.05, 0) is 0 Å². The van der Waals surface area contributed by atoms with Crippen molar-refractivity contribution in [3.8, 4) is 22.8 Å². The number of fused-ring (bicyclic) bond motifs is 3. The number of ether oxygens (including phenoxy) is 1. The molecule has 0 N–H and O–H groups in total. The van der Waals surface area contributed by atoms with Gasteiger partial charge in [0.05, 0.1) is 0 Å². The Bertz CT molecular complexity index is 1250. The molecule has 0 saturated heterocycles. The van der Waals surface area contributed by atoms with Crippen molar-refractivity contribution in [2.75, 3.05) is 0 Å². The van der Waals surface area contributed by atoms with Gasteiger partial charge in [0.15, 0.2) is 0 Å². The molecule has 0 atom stereocenters. The number of pyridine rings is 1. The monoisotopic (exact) mass is 429 g/mol. The zero-order valence-corrected chi connectivity index (χ0v) is 19.2. The number of benzene rings is 3. The summed E-state index contributed by atoms with van der Waals surface area (Å²) < 4.78 is 8.11. The van der Waals surface area contributed by atoms with Crippen LogP contribution in [-0.2, 0) is 0 Å². The fourth-order valence-electron chi connectivity index (χ4n) is 4.54. The third kappa shape index (κ3) is 2.51. The summed E-state index contributed by atoms with van der Waals surface area (Å²) in [4.78, 5) is 4.85. The number of rotatable bonds is 2. The summed E-state index contributed by atoms with van der Waals surface area (Å²) >= 11 is -2.02. The summed E-state index contributed by atoms with van der Waals surface area (Å²) in [6.45, 7) is 4.48. The number of hydrogen-bond acceptors (Lipinski definition) is 2. The normalized spacial score (nSPS) is 13.1. The molecule has 0 bridgehead atoms. The second kappa shape index (κ2) is 6.08. The van der Waals surface area contributed by atoms with Gasteiger partial charge in [-0.3, -0.25) is 0 Å². The van der Waals surface area contributed by atoms with Gasteiger partial charge >= 0.3 is 169 Å². The quantitative estimate of drug-likeness (QED) is 0.288. The van der Waals surface area contributed by atoms with Crippen LogP contribution in [0.15, 0.2) is 54.7 Å². The average Bonchev–Trinajstić information content (AvgIpc) is 2.65. The molecule has 0 aliphatic carbocycles. The van der Waals surface area contributed by atoms with Crippen LogP contribution in [0.25, 0.3) is 32.8 Å². The molecular formula is C25H25GeNO. The Hall–Kier alpha value is -2.33. The van der Waals surface area contributed by atoms with Crippen LogP contribution in [0.5, 0.6) is 11.5 Å². The van der Waals surface area contributed by atoms with Gasteiger partial charge < -0.3 is 0 Å². The molecule has 1 aliphatic heterocycles. The van der Waals surface area contributed by atoms with Crippen molar-refractivity contribution >= 4 is 39.2 Å². The van der Waals surface area contributed by atoms with Crippen molar-refractivity contribution in [1.82, 2.24) is 4.98 Å². The van der Waals surface area contributed by atoms with Crippen LogP contribution in [-0.4, -0.2) is 18.3 Å². The van der Waals surface area contributed by atoms with Crippen LogP contribution in [0, 0.1) is 0 Å². The summed E-state index contributed by atoms with van der Waals surface area (Å²) in [5.74, 6) is 9.62. The van der Waals surface area contributed by atoms with E-state index in [4.69, 9.17) is 9.72 Å². The van der Waals surface area contributed by atoms with Crippen molar-refractivity contribution in [3.05, 3.63) is 60.3 Å². The summed E-state index contributed by atoms with van der Waals surface area (Å²) in [6, 6.07) is 17.5. The van der Waals surface area contributed by atoms with Crippen LogP contribution in [0.3, 0.4) is 0 Å². The molecule has 4 aromatic rings. The predicted molar refractivity (Wildman–Crippen MR) is 122 cm³/mol. The first kappa shape index (κ1) is 17.7. The van der Waals surface area contributed by atoms with Gasteiger partial charge in [0, 0.05) is 0 Å². The molecule has 3 heteroatoms. The molecule has 5 rings (SSSR count). The molecule has 3 aromatic carbocycles. The Kier molecular flexibility index (Phi) is 3.86. The van der Waals surface area contributed by atoms with Gasteiger partial charge in [0.25, 0.3) is 0 Å². The number of hydrogen-bond donors (Lipinski definition) is 0. The van der Waals surface area contributed by atoms with E-state index in [-0.39, 0.29) is 0 Å². The Morgan fingerprint density at radius 1 is 0.929 bits per heavy atom. The fraction of sp³-hybridized carbons (Fsp3) is 0.240. The van der Waals surface area contributed by atoms with E-state index in [1.807, 2.05) is 6.20 Å². The summed E-state index contributed by atoms with van der Waals surface area (Å²) in [7, 11) is 0. The van der Waals surface area contributed by atoms with Crippen molar-refractivity contribution in [3.63, 3.8) is 0 Å². The summed E-state index contributed by atoms with van der Waals surface area (Å²) in [5.41, 5.74) is 3.46. The van der Waals surface area contributed by atoms with Crippen molar-refractivity contribution in [1.29, 1.82) is 0 Å². The first-order valence-electron chi connectivity index (χ1n) is 10.0. The minimum atomic E-state index is -2.02. The molecule has 1 aromatic heterocycles. The summed E-state index contributed by atoms with van der Waals surface area (Å²) in [5, 5.41) is 5.02. The molecule has 140 valence electrons. The standard InChI is InChI=1S/C25H25GeNO/c1-15(2)22-17-9-7-6-8-16(17)14-19-24-23-18(12-13-27-24)20(26(3,4)5)10-11-21(23)28-25(19)22/h6-15H,1-5H3. The van der Waals surface area contributed by atoms with E-state index in [1.165, 1.54) is 31.5 Å². The molecule has 28 heavy (non-hydrogen) atoms. The number of aromatic nitrogens is 1. The van der Waals surface area contributed by atoms with Crippen LogP contribution >= 0.6 is 0 Å². The van der Waals surface area contributed by atoms with Gasteiger partial charge in [-0.15, -0.1) is 0 Å². The third-order valence-corrected chi connectivity index (χ3v) is 10.1. The van der Waals surface area contributed by atoms with Crippen molar-refractivity contribution in [2.45, 2.75) is 37.0 Å². The molecule has 0 fully saturated rings. The topological polar surface area (TPSA) is 22.1 Å². The molecular weight excluding hydrogens is 403 g/mol. The van der Waals surface area contributed by atoms with E-state index in [1.54, 1.807) is 0 Å². The second-order valence-corrected chi connectivity index (χ2v) is 19.7. The molecule has 0 unspecified atom stereocenters. The molecule has 0 saturated carbocycles. The Morgan fingerprint density at radius 2 is 1.71 bits per heavy atom. The average molecular weight is 428 g/mol. The van der Waals surface area contributed by atoms with Gasteiger partial charge in [-0.1, -0.05) is 0 Å². The maximum absolute atomic E-state index is 6.60. The molecule has 0 radical (unpaired) electrons. The van der Waals surface area contributed by atoms with E-state index in [0.717, 1.165) is 22.8 Å². The maximum atomic E-state index is 6.60. The fourth-order valence-corrected chi connectivity index (χ4v) is 7.89. The molecule has 2 nitrogen and oxygen atoms in total. The third-order valence-electron chi connectivity index (χ3n) is 5.78. The van der Waals surface area contributed by atoms with Crippen LogP contribution in [0.1, 0.15) is 25.3 Å². The van der Waals surface area contributed by atoms with Gasteiger partial charge in [0.1, 0.15) is 0 Å². The van der Waals surface area contributed by atoms with Crippen LogP contribution < -0.4 is 9.13 Å². The SMILES string of the molecule is CC(C)c1c2c(cc3ccccc13)-c1nccc3[c]([Ge]([CH3])([CH3])[CH3])ccc(c13)O2. The van der Waals surface area contributed by atoms with E-state index in [9.17, 15) is 0 Å². The zero-order valence-electron chi connectivity index (χ0n) is 17.1. The van der Waals surface area contributed by atoms with E-state index >= 15 is 0 Å². The van der Waals surface area contributed by atoms with Gasteiger partial charge in [-0.2, -0.15) is 0 Å². The van der Waals surface area contributed by atoms with E-state index in [2.05, 4.69) is 79.6 Å². The predicted octanol–water partition coefficient (Wildman–Crippen LogP) is 6.83. The van der Waals surface area contributed by atoms with E-state index in [0.29, 0.717) is 5.92 Å². The Balaban J connectivity index is 1.93. The number of nitrogens with zero attached hydrogens (tertiary/aromatic N) is 1. The van der Waals surface area contributed by atoms with Crippen molar-refractivity contribution in [2.24, 2.45) is 0 Å².